The molecule has 0 N–H and O–H groups in total. The summed E-state index contributed by atoms with van der Waals surface area (Å²) in [5.74, 6) is 0.810. The summed E-state index contributed by atoms with van der Waals surface area (Å²) in [6, 6.07) is 30.1. The van der Waals surface area contributed by atoms with E-state index in [4.69, 9.17) is 4.74 Å². The molecule has 32 heavy (non-hydrogen) atoms. The van der Waals surface area contributed by atoms with Crippen molar-refractivity contribution in [3.05, 3.63) is 102 Å². The summed E-state index contributed by atoms with van der Waals surface area (Å²) in [6.07, 6.45) is 0.961. The van der Waals surface area contributed by atoms with Gasteiger partial charge in [-0.2, -0.15) is 0 Å². The number of fused-ring (bicyclic) bond motifs is 3. The molecule has 0 aliphatic heterocycles. The van der Waals surface area contributed by atoms with E-state index in [1.807, 2.05) is 66.7 Å². The average molecular weight is 420 g/mol. The van der Waals surface area contributed by atoms with E-state index in [0.29, 0.717) is 5.56 Å². The summed E-state index contributed by atoms with van der Waals surface area (Å²) in [6.45, 7) is 2.99. The minimum absolute atomic E-state index is 0.0293. The van der Waals surface area contributed by atoms with Gasteiger partial charge >= 0.3 is 0 Å². The van der Waals surface area contributed by atoms with Crippen molar-refractivity contribution in [3.63, 3.8) is 0 Å². The molecule has 158 valence electrons. The van der Waals surface area contributed by atoms with Gasteiger partial charge in [-0.1, -0.05) is 91.9 Å². The van der Waals surface area contributed by atoms with Crippen molar-refractivity contribution in [2.45, 2.75) is 19.9 Å². The molecule has 0 unspecified atom stereocenters. The van der Waals surface area contributed by atoms with Crippen LogP contribution in [0.15, 0.2) is 91.0 Å². The molecule has 3 heteroatoms. The van der Waals surface area contributed by atoms with Gasteiger partial charge in [0, 0.05) is 28.3 Å². The summed E-state index contributed by atoms with van der Waals surface area (Å²) < 4.78 is 8.09. The van der Waals surface area contributed by atoms with Crippen molar-refractivity contribution in [1.82, 2.24) is 4.57 Å². The van der Waals surface area contributed by atoms with Gasteiger partial charge in [-0.3, -0.25) is 4.79 Å². The molecule has 0 radical (unpaired) electrons. The lowest BCUT2D eigenvalue weighted by Gasteiger charge is -2.13. The lowest BCUT2D eigenvalue weighted by Crippen LogP contribution is -2.05. The van der Waals surface area contributed by atoms with Gasteiger partial charge in [0.1, 0.15) is 5.75 Å². The zero-order valence-electron chi connectivity index (χ0n) is 18.3. The van der Waals surface area contributed by atoms with Gasteiger partial charge in [0.05, 0.1) is 23.9 Å². The van der Waals surface area contributed by atoms with E-state index in [1.165, 1.54) is 0 Å². The number of carbonyl (C=O) groups excluding carboxylic acids is 1. The molecule has 5 aromatic rings. The second-order valence-electron chi connectivity index (χ2n) is 7.96. The molecule has 0 saturated heterocycles. The standard InChI is InChI=1S/C29H25NO2/c1-3-18-30-27(20-12-6-4-7-13-20)26(29(31)21-14-8-5-9-15-21)24-19-25(32-2)22-16-10-11-17-23(22)28(24)30/h4-17,19H,3,18H2,1-2H3. The first-order valence-corrected chi connectivity index (χ1v) is 11.0. The minimum atomic E-state index is 0.0293. The molecule has 0 aliphatic rings. The van der Waals surface area contributed by atoms with E-state index in [-0.39, 0.29) is 5.78 Å². The third kappa shape index (κ3) is 3.18. The molecule has 1 aromatic heterocycles. The van der Waals surface area contributed by atoms with Crippen molar-refractivity contribution < 1.29 is 9.53 Å². The summed E-state index contributed by atoms with van der Waals surface area (Å²) in [4.78, 5) is 14.0. The lowest BCUT2D eigenvalue weighted by atomic mass is 9.96. The molecule has 0 bridgehead atoms. The van der Waals surface area contributed by atoms with Crippen LogP contribution < -0.4 is 4.74 Å². The highest BCUT2D eigenvalue weighted by Crippen LogP contribution is 2.42. The number of rotatable bonds is 6. The van der Waals surface area contributed by atoms with Crippen LogP contribution >= 0.6 is 0 Å². The Morgan fingerprint density at radius 2 is 1.44 bits per heavy atom. The second-order valence-corrected chi connectivity index (χ2v) is 7.96. The van der Waals surface area contributed by atoms with Crippen molar-refractivity contribution in [1.29, 1.82) is 0 Å². The van der Waals surface area contributed by atoms with E-state index < -0.39 is 0 Å². The van der Waals surface area contributed by atoms with Crippen LogP contribution in [0.25, 0.3) is 32.9 Å². The molecule has 3 nitrogen and oxygen atoms in total. The number of hydrogen-bond donors (Lipinski definition) is 0. The first kappa shape index (κ1) is 20.1. The van der Waals surface area contributed by atoms with Crippen LogP contribution in [0.5, 0.6) is 5.75 Å². The van der Waals surface area contributed by atoms with E-state index >= 15 is 0 Å². The van der Waals surface area contributed by atoms with Crippen LogP contribution in [0, 0.1) is 0 Å². The van der Waals surface area contributed by atoms with Crippen molar-refractivity contribution in [2.75, 3.05) is 7.11 Å². The summed E-state index contributed by atoms with van der Waals surface area (Å²) >= 11 is 0. The first-order chi connectivity index (χ1) is 15.7. The van der Waals surface area contributed by atoms with Crippen molar-refractivity contribution >= 4 is 27.5 Å². The molecule has 0 fully saturated rings. The van der Waals surface area contributed by atoms with Gasteiger partial charge < -0.3 is 9.30 Å². The molecule has 5 rings (SSSR count). The highest BCUT2D eigenvalue weighted by molar-refractivity contribution is 6.24. The first-order valence-electron chi connectivity index (χ1n) is 11.0. The number of aromatic nitrogens is 1. The summed E-state index contributed by atoms with van der Waals surface area (Å²) in [7, 11) is 1.69. The number of ether oxygens (including phenoxy) is 1. The van der Waals surface area contributed by atoms with Crippen molar-refractivity contribution in [2.24, 2.45) is 0 Å². The predicted octanol–water partition coefficient (Wildman–Crippen LogP) is 7.11. The number of benzene rings is 4. The zero-order valence-corrected chi connectivity index (χ0v) is 18.3. The largest absolute Gasteiger partial charge is 0.496 e. The number of hydrogen-bond acceptors (Lipinski definition) is 2. The molecule has 0 aliphatic carbocycles. The lowest BCUT2D eigenvalue weighted by molar-refractivity contribution is 0.104. The van der Waals surface area contributed by atoms with E-state index in [0.717, 1.165) is 57.2 Å². The van der Waals surface area contributed by atoms with E-state index in [1.54, 1.807) is 7.11 Å². The summed E-state index contributed by atoms with van der Waals surface area (Å²) in [5.41, 5.74) is 4.51. The Morgan fingerprint density at radius 1 is 0.812 bits per heavy atom. The Hall–Kier alpha value is -3.85. The predicted molar refractivity (Wildman–Crippen MR) is 132 cm³/mol. The van der Waals surface area contributed by atoms with Crippen molar-refractivity contribution in [3.8, 4) is 17.0 Å². The Kier molecular flexibility index (Phi) is 5.24. The molecule has 4 aromatic carbocycles. The van der Waals surface area contributed by atoms with Crippen LogP contribution in [0.1, 0.15) is 29.3 Å². The summed E-state index contributed by atoms with van der Waals surface area (Å²) in [5, 5.41) is 3.08. The van der Waals surface area contributed by atoms with Crippen LogP contribution in [-0.4, -0.2) is 17.5 Å². The maximum absolute atomic E-state index is 14.0. The quantitative estimate of drug-likeness (QED) is 0.275. The maximum Gasteiger partial charge on any atom is 0.195 e. The topological polar surface area (TPSA) is 31.2 Å². The monoisotopic (exact) mass is 419 g/mol. The van der Waals surface area contributed by atoms with Crippen LogP contribution in [-0.2, 0) is 6.54 Å². The Bertz CT molecular complexity index is 1420. The molecule has 0 spiro atoms. The van der Waals surface area contributed by atoms with Crippen LogP contribution in [0.2, 0.25) is 0 Å². The highest BCUT2D eigenvalue weighted by Gasteiger charge is 2.26. The third-order valence-corrected chi connectivity index (χ3v) is 6.00. The normalized spacial score (nSPS) is 11.2. The zero-order chi connectivity index (χ0) is 22.1. The molecular formula is C29H25NO2. The van der Waals surface area contributed by atoms with Gasteiger partial charge in [0.25, 0.3) is 0 Å². The van der Waals surface area contributed by atoms with Crippen LogP contribution in [0.4, 0.5) is 0 Å². The Balaban J connectivity index is 1.98. The molecule has 0 atom stereocenters. The fourth-order valence-corrected chi connectivity index (χ4v) is 4.66. The van der Waals surface area contributed by atoms with E-state index in [9.17, 15) is 4.79 Å². The maximum atomic E-state index is 14.0. The van der Waals surface area contributed by atoms with Gasteiger partial charge in [-0.25, -0.2) is 0 Å². The van der Waals surface area contributed by atoms with Crippen LogP contribution in [0.3, 0.4) is 0 Å². The van der Waals surface area contributed by atoms with Gasteiger partial charge in [0.15, 0.2) is 5.78 Å². The fourth-order valence-electron chi connectivity index (χ4n) is 4.66. The average Bonchev–Trinajstić information content (AvgIpc) is 3.18. The minimum Gasteiger partial charge on any atom is -0.496 e. The Morgan fingerprint density at radius 3 is 2.09 bits per heavy atom. The van der Waals surface area contributed by atoms with E-state index in [2.05, 4.69) is 35.8 Å². The number of methoxy groups -OCH3 is 1. The van der Waals surface area contributed by atoms with Gasteiger partial charge in [0.2, 0.25) is 0 Å². The third-order valence-electron chi connectivity index (χ3n) is 6.00. The van der Waals surface area contributed by atoms with Gasteiger partial charge in [-0.15, -0.1) is 0 Å². The number of ketones is 1. The molecular weight excluding hydrogens is 394 g/mol. The highest BCUT2D eigenvalue weighted by atomic mass is 16.5. The Labute approximate surface area is 187 Å². The molecule has 0 saturated carbocycles. The van der Waals surface area contributed by atoms with Gasteiger partial charge in [-0.05, 0) is 18.1 Å². The smallest absolute Gasteiger partial charge is 0.195 e. The SMILES string of the molecule is CCCn1c(-c2ccccc2)c(C(=O)c2ccccc2)c2cc(OC)c3ccccc3c21. The number of carbonyl (C=O) groups is 1. The molecule has 1 heterocycles. The molecule has 0 amide bonds. The second kappa shape index (κ2) is 8.35. The fraction of sp³-hybridized carbons (Fsp3) is 0.138. The number of nitrogens with zero attached hydrogens (tertiary/aromatic N) is 1. The number of aryl methyl sites for hydroxylation is 1.